The molecule has 2 aliphatic rings. The van der Waals surface area contributed by atoms with Crippen LogP contribution in [0.1, 0.15) is 25.7 Å². The fourth-order valence-electron chi connectivity index (χ4n) is 2.44. The summed E-state index contributed by atoms with van der Waals surface area (Å²) in [5.41, 5.74) is 0. The Morgan fingerprint density at radius 3 is 2.50 bits per heavy atom. The molecule has 2 fully saturated rings. The number of hydrogen-bond donors (Lipinski definition) is 2. The second-order valence-corrected chi connectivity index (χ2v) is 5.06. The lowest BCUT2D eigenvalue weighted by Crippen LogP contribution is -2.42. The lowest BCUT2D eigenvalue weighted by molar-refractivity contribution is -0.139. The van der Waals surface area contributed by atoms with Crippen molar-refractivity contribution in [1.29, 1.82) is 0 Å². The third-order valence-corrected chi connectivity index (χ3v) is 3.61. The van der Waals surface area contributed by atoms with Crippen molar-refractivity contribution < 1.29 is 19.8 Å². The van der Waals surface area contributed by atoms with Gasteiger partial charge in [0.1, 0.15) is 0 Å². The lowest BCUT2D eigenvalue weighted by atomic mass is 10.2. The maximum Gasteiger partial charge on any atom is 0.242 e. The Labute approximate surface area is 106 Å². The van der Waals surface area contributed by atoms with Crippen molar-refractivity contribution in [3.8, 4) is 0 Å². The van der Waals surface area contributed by atoms with E-state index >= 15 is 0 Å². The van der Waals surface area contributed by atoms with Crippen molar-refractivity contribution in [1.82, 2.24) is 9.80 Å². The summed E-state index contributed by atoms with van der Waals surface area (Å²) in [5, 5.41) is 18.8. The van der Waals surface area contributed by atoms with Gasteiger partial charge in [0, 0.05) is 26.1 Å². The Bertz CT molecular complexity index is 324. The average molecular weight is 256 g/mol. The van der Waals surface area contributed by atoms with Crippen LogP contribution >= 0.6 is 0 Å². The predicted octanol–water partition coefficient (Wildman–Crippen LogP) is -1.05. The van der Waals surface area contributed by atoms with Gasteiger partial charge >= 0.3 is 0 Å². The van der Waals surface area contributed by atoms with Gasteiger partial charge in [0.2, 0.25) is 11.8 Å². The van der Waals surface area contributed by atoms with Crippen LogP contribution in [0.4, 0.5) is 0 Å². The number of carbonyl (C=O) groups is 2. The maximum atomic E-state index is 12.0. The van der Waals surface area contributed by atoms with Gasteiger partial charge in [0.15, 0.2) is 0 Å². The molecule has 18 heavy (non-hydrogen) atoms. The van der Waals surface area contributed by atoms with Crippen molar-refractivity contribution in [3.05, 3.63) is 0 Å². The highest BCUT2D eigenvalue weighted by Gasteiger charge is 2.33. The standard InChI is InChI=1S/C12H20N2O4/c15-9-6-14(7-10(9)16)12(18)8-13-5-3-1-2-4-11(13)17/h9-10,15-16H,1-8H2. The number of aliphatic hydroxyl groups is 2. The molecule has 0 aliphatic carbocycles. The summed E-state index contributed by atoms with van der Waals surface area (Å²) in [6, 6.07) is 0. The topological polar surface area (TPSA) is 81.1 Å². The van der Waals surface area contributed by atoms with Gasteiger partial charge in [-0.3, -0.25) is 9.59 Å². The lowest BCUT2D eigenvalue weighted by Gasteiger charge is -2.23. The molecule has 2 unspecified atom stereocenters. The van der Waals surface area contributed by atoms with Crippen LogP contribution < -0.4 is 0 Å². The fraction of sp³-hybridized carbons (Fsp3) is 0.833. The Morgan fingerprint density at radius 2 is 1.83 bits per heavy atom. The summed E-state index contributed by atoms with van der Waals surface area (Å²) in [4.78, 5) is 26.7. The van der Waals surface area contributed by atoms with E-state index in [1.165, 1.54) is 4.90 Å². The molecule has 0 spiro atoms. The molecular formula is C12H20N2O4. The molecule has 2 aliphatic heterocycles. The van der Waals surface area contributed by atoms with Crippen molar-refractivity contribution in [2.24, 2.45) is 0 Å². The van der Waals surface area contributed by atoms with E-state index in [0.29, 0.717) is 13.0 Å². The number of aliphatic hydroxyl groups excluding tert-OH is 2. The maximum absolute atomic E-state index is 12.0. The second kappa shape index (κ2) is 5.67. The van der Waals surface area contributed by atoms with E-state index in [4.69, 9.17) is 0 Å². The normalized spacial score (nSPS) is 29.6. The molecule has 6 heteroatoms. The van der Waals surface area contributed by atoms with Gasteiger partial charge in [0.25, 0.3) is 0 Å². The molecule has 0 aromatic rings. The van der Waals surface area contributed by atoms with Crippen LogP contribution in [0.2, 0.25) is 0 Å². The molecule has 6 nitrogen and oxygen atoms in total. The minimum Gasteiger partial charge on any atom is -0.388 e. The van der Waals surface area contributed by atoms with E-state index in [9.17, 15) is 19.8 Å². The highest BCUT2D eigenvalue weighted by atomic mass is 16.3. The van der Waals surface area contributed by atoms with E-state index in [-0.39, 0.29) is 31.4 Å². The molecule has 102 valence electrons. The van der Waals surface area contributed by atoms with Crippen LogP contribution in [0.5, 0.6) is 0 Å². The molecule has 2 heterocycles. The van der Waals surface area contributed by atoms with Crippen molar-refractivity contribution in [2.45, 2.75) is 37.9 Å². The van der Waals surface area contributed by atoms with Crippen molar-refractivity contribution in [2.75, 3.05) is 26.2 Å². The molecule has 2 saturated heterocycles. The van der Waals surface area contributed by atoms with E-state index < -0.39 is 12.2 Å². The zero-order valence-corrected chi connectivity index (χ0v) is 10.4. The number of β-amino-alcohol motifs (C(OH)–C–C–N with tert-alkyl or cyclic N) is 2. The summed E-state index contributed by atoms with van der Waals surface area (Å²) >= 11 is 0. The van der Waals surface area contributed by atoms with Gasteiger partial charge in [-0.1, -0.05) is 6.42 Å². The second-order valence-electron chi connectivity index (χ2n) is 5.06. The molecule has 0 aromatic carbocycles. The first-order valence-electron chi connectivity index (χ1n) is 6.49. The first-order valence-corrected chi connectivity index (χ1v) is 6.49. The van der Waals surface area contributed by atoms with Gasteiger partial charge in [-0.25, -0.2) is 0 Å². The molecule has 0 aromatic heterocycles. The summed E-state index contributed by atoms with van der Waals surface area (Å²) in [6.07, 6.45) is 1.63. The van der Waals surface area contributed by atoms with Crippen LogP contribution in [0.15, 0.2) is 0 Å². The van der Waals surface area contributed by atoms with Crippen LogP contribution in [-0.4, -0.2) is 70.2 Å². The van der Waals surface area contributed by atoms with E-state index in [1.807, 2.05) is 0 Å². The minimum atomic E-state index is -0.867. The SMILES string of the molecule is O=C1CCCCCN1CC(=O)N1CC(O)C(O)C1. The first-order chi connectivity index (χ1) is 8.58. The molecule has 2 amide bonds. The molecule has 0 bridgehead atoms. The van der Waals surface area contributed by atoms with Crippen LogP contribution in [0.25, 0.3) is 0 Å². The quantitative estimate of drug-likeness (QED) is 0.661. The zero-order chi connectivity index (χ0) is 13.1. The van der Waals surface area contributed by atoms with Gasteiger partial charge in [0.05, 0.1) is 18.8 Å². The molecule has 2 rings (SSSR count). The summed E-state index contributed by atoms with van der Waals surface area (Å²) in [5.74, 6) is -0.165. The van der Waals surface area contributed by atoms with Gasteiger partial charge in [-0.2, -0.15) is 0 Å². The van der Waals surface area contributed by atoms with Crippen LogP contribution in [0.3, 0.4) is 0 Å². The van der Waals surface area contributed by atoms with Gasteiger partial charge < -0.3 is 20.0 Å². The fourth-order valence-corrected chi connectivity index (χ4v) is 2.44. The summed E-state index contributed by atoms with van der Waals surface area (Å²) < 4.78 is 0. The largest absolute Gasteiger partial charge is 0.388 e. The number of rotatable bonds is 2. The zero-order valence-electron chi connectivity index (χ0n) is 10.4. The smallest absolute Gasteiger partial charge is 0.242 e. The monoisotopic (exact) mass is 256 g/mol. The van der Waals surface area contributed by atoms with E-state index in [0.717, 1.165) is 19.3 Å². The number of amides is 2. The van der Waals surface area contributed by atoms with Gasteiger partial charge in [-0.05, 0) is 12.8 Å². The highest BCUT2D eigenvalue weighted by molar-refractivity contribution is 5.85. The van der Waals surface area contributed by atoms with Gasteiger partial charge in [-0.15, -0.1) is 0 Å². The third kappa shape index (κ3) is 3.00. The summed E-state index contributed by atoms with van der Waals surface area (Å²) in [6.45, 7) is 1.01. The molecule has 2 N–H and O–H groups in total. The van der Waals surface area contributed by atoms with Crippen LogP contribution in [0, 0.1) is 0 Å². The Kier molecular flexibility index (Phi) is 4.19. The van der Waals surface area contributed by atoms with E-state index in [1.54, 1.807) is 4.90 Å². The summed E-state index contributed by atoms with van der Waals surface area (Å²) in [7, 11) is 0. The first kappa shape index (κ1) is 13.3. The average Bonchev–Trinajstić information content (AvgIpc) is 2.54. The molecule has 0 saturated carbocycles. The Balaban J connectivity index is 1.88. The van der Waals surface area contributed by atoms with Crippen LogP contribution in [-0.2, 0) is 9.59 Å². The Hall–Kier alpha value is -1.14. The van der Waals surface area contributed by atoms with Crippen molar-refractivity contribution in [3.63, 3.8) is 0 Å². The minimum absolute atomic E-state index is 0.0288. The highest BCUT2D eigenvalue weighted by Crippen LogP contribution is 2.14. The number of hydrogen-bond acceptors (Lipinski definition) is 4. The number of carbonyl (C=O) groups excluding carboxylic acids is 2. The number of nitrogens with zero attached hydrogens (tertiary/aromatic N) is 2. The van der Waals surface area contributed by atoms with E-state index in [2.05, 4.69) is 0 Å². The third-order valence-electron chi connectivity index (χ3n) is 3.61. The number of likely N-dealkylation sites (tertiary alicyclic amines) is 2. The molecule has 0 radical (unpaired) electrons. The molecule has 2 atom stereocenters. The Morgan fingerprint density at radius 1 is 1.17 bits per heavy atom. The molecular weight excluding hydrogens is 236 g/mol. The van der Waals surface area contributed by atoms with Crippen molar-refractivity contribution >= 4 is 11.8 Å². The predicted molar refractivity (Wildman–Crippen MR) is 63.6 cm³/mol.